The third kappa shape index (κ3) is 5.36. The molecule has 0 unspecified atom stereocenters. The summed E-state index contributed by atoms with van der Waals surface area (Å²) in [5.41, 5.74) is 3.19. The molecule has 1 atom stereocenters. The number of anilines is 1. The van der Waals surface area contributed by atoms with E-state index in [0.29, 0.717) is 24.5 Å². The number of carbonyl (C=O) groups excluding carboxylic acids is 1. The van der Waals surface area contributed by atoms with Gasteiger partial charge in [0.1, 0.15) is 5.75 Å². The Morgan fingerprint density at radius 1 is 1.07 bits per heavy atom. The highest BCUT2D eigenvalue weighted by Crippen LogP contribution is 2.26. The van der Waals surface area contributed by atoms with Crippen LogP contribution in [-0.4, -0.2) is 37.8 Å². The fourth-order valence-corrected chi connectivity index (χ4v) is 4.50. The Morgan fingerprint density at radius 3 is 2.21 bits per heavy atom. The second kappa shape index (κ2) is 9.41. The number of benzene rings is 2. The minimum atomic E-state index is -3.62. The highest BCUT2D eigenvalue weighted by molar-refractivity contribution is 7.89. The average Bonchev–Trinajstić information content (AvgIpc) is 2.67. The lowest BCUT2D eigenvalue weighted by Gasteiger charge is -2.21. The molecule has 0 heterocycles. The van der Waals surface area contributed by atoms with Crippen LogP contribution < -0.4 is 10.1 Å². The van der Waals surface area contributed by atoms with Crippen molar-refractivity contribution in [2.24, 2.45) is 0 Å². The third-order valence-electron chi connectivity index (χ3n) is 4.95. The van der Waals surface area contributed by atoms with E-state index < -0.39 is 16.1 Å². The zero-order chi connectivity index (χ0) is 21.8. The SMILES string of the molecule is CCN(CC)S(=O)(=O)c1cc(C)c(C)c(NC(=O)[C@H](C)Oc2ccc(C)cc2)c1. The lowest BCUT2D eigenvalue weighted by molar-refractivity contribution is -0.122. The van der Waals surface area contributed by atoms with Gasteiger partial charge in [-0.15, -0.1) is 0 Å². The Morgan fingerprint density at radius 2 is 1.66 bits per heavy atom. The summed E-state index contributed by atoms with van der Waals surface area (Å²) in [4.78, 5) is 12.8. The maximum absolute atomic E-state index is 12.9. The number of amides is 1. The van der Waals surface area contributed by atoms with E-state index in [-0.39, 0.29) is 10.8 Å². The number of sulfonamides is 1. The maximum Gasteiger partial charge on any atom is 0.265 e. The van der Waals surface area contributed by atoms with Crippen LogP contribution >= 0.6 is 0 Å². The van der Waals surface area contributed by atoms with E-state index in [2.05, 4.69) is 5.32 Å². The molecular formula is C22H30N2O4S. The van der Waals surface area contributed by atoms with E-state index in [1.54, 1.807) is 26.8 Å². The smallest absolute Gasteiger partial charge is 0.265 e. The molecule has 2 aromatic carbocycles. The molecular weight excluding hydrogens is 388 g/mol. The van der Waals surface area contributed by atoms with Gasteiger partial charge in [-0.1, -0.05) is 31.5 Å². The van der Waals surface area contributed by atoms with Crippen molar-refractivity contribution in [3.8, 4) is 5.75 Å². The Hall–Kier alpha value is -2.38. The predicted molar refractivity (Wildman–Crippen MR) is 116 cm³/mol. The zero-order valence-corrected chi connectivity index (χ0v) is 18.8. The van der Waals surface area contributed by atoms with Crippen LogP contribution in [0, 0.1) is 20.8 Å². The number of aryl methyl sites for hydroxylation is 2. The molecule has 1 N–H and O–H groups in total. The molecule has 0 bridgehead atoms. The molecule has 0 aliphatic heterocycles. The molecule has 0 aliphatic carbocycles. The van der Waals surface area contributed by atoms with Crippen molar-refractivity contribution >= 4 is 21.6 Å². The van der Waals surface area contributed by atoms with Gasteiger partial charge in [0.25, 0.3) is 5.91 Å². The highest BCUT2D eigenvalue weighted by Gasteiger charge is 2.24. The van der Waals surface area contributed by atoms with Crippen LogP contribution in [0.25, 0.3) is 0 Å². The summed E-state index contributed by atoms with van der Waals surface area (Å²) >= 11 is 0. The first-order chi connectivity index (χ1) is 13.6. The first kappa shape index (κ1) is 22.9. The van der Waals surface area contributed by atoms with Gasteiger partial charge in [0.2, 0.25) is 10.0 Å². The minimum absolute atomic E-state index is 0.173. The second-order valence-corrected chi connectivity index (χ2v) is 9.00. The molecule has 29 heavy (non-hydrogen) atoms. The van der Waals surface area contributed by atoms with Crippen LogP contribution in [0.2, 0.25) is 0 Å². The normalized spacial score (nSPS) is 12.7. The Kier molecular flexibility index (Phi) is 7.43. The summed E-state index contributed by atoms with van der Waals surface area (Å²) in [6.07, 6.45) is -0.736. The average molecular weight is 419 g/mol. The zero-order valence-electron chi connectivity index (χ0n) is 17.9. The monoisotopic (exact) mass is 418 g/mol. The number of ether oxygens (including phenoxy) is 1. The Bertz CT molecular complexity index is 965. The van der Waals surface area contributed by atoms with Crippen LogP contribution in [0.1, 0.15) is 37.5 Å². The quantitative estimate of drug-likeness (QED) is 0.702. The van der Waals surface area contributed by atoms with Crippen molar-refractivity contribution in [1.29, 1.82) is 0 Å². The van der Waals surface area contributed by atoms with E-state index in [1.807, 2.05) is 45.0 Å². The van der Waals surface area contributed by atoms with Crippen molar-refractivity contribution in [2.75, 3.05) is 18.4 Å². The van der Waals surface area contributed by atoms with Gasteiger partial charge in [0, 0.05) is 18.8 Å². The highest BCUT2D eigenvalue weighted by atomic mass is 32.2. The summed E-state index contributed by atoms with van der Waals surface area (Å²) < 4.78 is 32.9. The molecule has 6 nitrogen and oxygen atoms in total. The summed E-state index contributed by atoms with van der Waals surface area (Å²) in [5, 5.41) is 2.82. The first-order valence-corrected chi connectivity index (χ1v) is 11.2. The number of rotatable bonds is 8. The second-order valence-electron chi connectivity index (χ2n) is 7.06. The predicted octanol–water partition coefficient (Wildman–Crippen LogP) is 4.05. The van der Waals surface area contributed by atoms with Gasteiger partial charge in [-0.05, 0) is 63.1 Å². The summed E-state index contributed by atoms with van der Waals surface area (Å²) in [5.74, 6) is 0.259. The summed E-state index contributed by atoms with van der Waals surface area (Å²) in [6.45, 7) is 11.7. The molecule has 2 aromatic rings. The van der Waals surface area contributed by atoms with E-state index >= 15 is 0 Å². The standard InChI is InChI=1S/C22H30N2O4S/c1-7-24(8-2)29(26,27)20-13-16(4)17(5)21(14-20)23-22(25)18(6)28-19-11-9-15(3)10-12-19/h9-14,18H,7-8H2,1-6H3,(H,23,25)/t18-/m0/s1. The van der Waals surface area contributed by atoms with Crippen LogP contribution in [0.5, 0.6) is 5.75 Å². The van der Waals surface area contributed by atoms with Gasteiger partial charge in [-0.25, -0.2) is 8.42 Å². The van der Waals surface area contributed by atoms with E-state index in [1.165, 1.54) is 10.4 Å². The lowest BCUT2D eigenvalue weighted by atomic mass is 10.1. The molecule has 2 rings (SSSR count). The van der Waals surface area contributed by atoms with Crippen molar-refractivity contribution in [1.82, 2.24) is 4.31 Å². The third-order valence-corrected chi connectivity index (χ3v) is 6.97. The molecule has 0 spiro atoms. The Labute approximate surface area is 173 Å². The van der Waals surface area contributed by atoms with Crippen molar-refractivity contribution in [2.45, 2.75) is 52.5 Å². The first-order valence-electron chi connectivity index (χ1n) is 9.75. The number of carbonyl (C=O) groups is 1. The number of nitrogens with zero attached hydrogens (tertiary/aromatic N) is 1. The molecule has 0 aromatic heterocycles. The minimum Gasteiger partial charge on any atom is -0.481 e. The van der Waals surface area contributed by atoms with Gasteiger partial charge in [0.15, 0.2) is 6.10 Å². The fraction of sp³-hybridized carbons (Fsp3) is 0.409. The fourth-order valence-electron chi connectivity index (χ4n) is 2.93. The molecule has 158 valence electrons. The molecule has 0 aliphatic rings. The molecule has 0 saturated carbocycles. The number of nitrogens with one attached hydrogen (secondary N) is 1. The van der Waals surface area contributed by atoms with Crippen molar-refractivity contribution < 1.29 is 17.9 Å². The maximum atomic E-state index is 12.9. The molecule has 0 saturated heterocycles. The van der Waals surface area contributed by atoms with Gasteiger partial charge in [0.05, 0.1) is 4.90 Å². The van der Waals surface area contributed by atoms with E-state index in [0.717, 1.165) is 16.7 Å². The van der Waals surface area contributed by atoms with Crippen molar-refractivity contribution in [3.63, 3.8) is 0 Å². The Balaban J connectivity index is 2.26. The topological polar surface area (TPSA) is 75.7 Å². The van der Waals surface area contributed by atoms with Crippen LogP contribution in [-0.2, 0) is 14.8 Å². The van der Waals surface area contributed by atoms with Crippen LogP contribution in [0.4, 0.5) is 5.69 Å². The van der Waals surface area contributed by atoms with Gasteiger partial charge in [-0.3, -0.25) is 4.79 Å². The molecule has 7 heteroatoms. The number of hydrogen-bond donors (Lipinski definition) is 1. The van der Waals surface area contributed by atoms with Crippen molar-refractivity contribution in [3.05, 3.63) is 53.1 Å². The van der Waals surface area contributed by atoms with Gasteiger partial charge in [-0.2, -0.15) is 4.31 Å². The largest absolute Gasteiger partial charge is 0.481 e. The molecule has 1 amide bonds. The lowest BCUT2D eigenvalue weighted by Crippen LogP contribution is -2.32. The van der Waals surface area contributed by atoms with E-state index in [4.69, 9.17) is 4.74 Å². The van der Waals surface area contributed by atoms with Gasteiger partial charge >= 0.3 is 0 Å². The molecule has 0 fully saturated rings. The summed E-state index contributed by atoms with van der Waals surface area (Å²) in [6, 6.07) is 10.6. The van der Waals surface area contributed by atoms with Gasteiger partial charge < -0.3 is 10.1 Å². The van der Waals surface area contributed by atoms with Crippen LogP contribution in [0.15, 0.2) is 41.3 Å². The molecule has 0 radical (unpaired) electrons. The number of hydrogen-bond acceptors (Lipinski definition) is 4. The summed E-state index contributed by atoms with van der Waals surface area (Å²) in [7, 11) is -3.62. The van der Waals surface area contributed by atoms with Crippen LogP contribution in [0.3, 0.4) is 0 Å². The van der Waals surface area contributed by atoms with E-state index in [9.17, 15) is 13.2 Å².